The lowest BCUT2D eigenvalue weighted by Gasteiger charge is -2.10. The van der Waals surface area contributed by atoms with Crippen molar-refractivity contribution in [3.8, 4) is 22.3 Å². The summed E-state index contributed by atoms with van der Waals surface area (Å²) >= 11 is 0. The lowest BCUT2D eigenvalue weighted by molar-refractivity contribution is 0.497. The van der Waals surface area contributed by atoms with Crippen molar-refractivity contribution in [2.75, 3.05) is 0 Å². The summed E-state index contributed by atoms with van der Waals surface area (Å²) in [6.07, 6.45) is 6.11. The molecule has 0 nitrogen and oxygen atoms in total. The maximum atomic E-state index is 14.7. The summed E-state index contributed by atoms with van der Waals surface area (Å²) in [4.78, 5) is 0. The number of benzene rings is 3. The van der Waals surface area contributed by atoms with Gasteiger partial charge in [-0.3, -0.25) is 0 Å². The molecule has 0 aromatic heterocycles. The highest BCUT2D eigenvalue weighted by Gasteiger charge is 2.14. The van der Waals surface area contributed by atoms with E-state index in [9.17, 15) is 8.78 Å². The monoisotopic (exact) mass is 378 g/mol. The Labute approximate surface area is 167 Å². The van der Waals surface area contributed by atoms with Gasteiger partial charge in [-0.15, -0.1) is 0 Å². The van der Waals surface area contributed by atoms with E-state index in [-0.39, 0.29) is 0 Å². The van der Waals surface area contributed by atoms with Gasteiger partial charge in [0.2, 0.25) is 0 Å². The Bertz CT molecular complexity index is 893. The van der Waals surface area contributed by atoms with Crippen LogP contribution in [-0.2, 0) is 6.42 Å². The topological polar surface area (TPSA) is 0 Å². The quantitative estimate of drug-likeness (QED) is 0.347. The number of hydrogen-bond donors (Lipinski definition) is 0. The second kappa shape index (κ2) is 9.64. The van der Waals surface area contributed by atoms with Gasteiger partial charge >= 0.3 is 0 Å². The minimum atomic E-state index is -0.742. The van der Waals surface area contributed by atoms with Crippen LogP contribution in [0.4, 0.5) is 8.78 Å². The van der Waals surface area contributed by atoms with Crippen LogP contribution in [0, 0.1) is 18.6 Å². The molecule has 0 aliphatic heterocycles. The minimum absolute atomic E-state index is 0.322. The first kappa shape index (κ1) is 20.3. The predicted molar refractivity (Wildman–Crippen MR) is 114 cm³/mol. The molecule has 2 heteroatoms. The lowest BCUT2D eigenvalue weighted by Crippen LogP contribution is -1.98. The summed E-state index contributed by atoms with van der Waals surface area (Å²) < 4.78 is 29.2. The maximum absolute atomic E-state index is 14.7. The zero-order valence-corrected chi connectivity index (χ0v) is 16.8. The third kappa shape index (κ3) is 4.86. The van der Waals surface area contributed by atoms with Crippen LogP contribution in [0.5, 0.6) is 0 Å². The Balaban J connectivity index is 1.74. The van der Waals surface area contributed by atoms with E-state index >= 15 is 0 Å². The third-order valence-electron chi connectivity index (χ3n) is 5.29. The van der Waals surface area contributed by atoms with Crippen molar-refractivity contribution in [1.29, 1.82) is 0 Å². The molecule has 3 rings (SSSR count). The molecule has 3 aromatic carbocycles. The first-order chi connectivity index (χ1) is 13.6. The van der Waals surface area contributed by atoms with Crippen LogP contribution >= 0.6 is 0 Å². The molecule has 0 aliphatic rings. The molecule has 0 bridgehead atoms. The van der Waals surface area contributed by atoms with Gasteiger partial charge in [0.1, 0.15) is 0 Å². The highest BCUT2D eigenvalue weighted by molar-refractivity contribution is 5.71. The molecule has 146 valence electrons. The first-order valence-electron chi connectivity index (χ1n) is 10.2. The molecular formula is C26H28F2. The molecule has 0 saturated carbocycles. The number of aryl methyl sites for hydroxylation is 2. The fourth-order valence-corrected chi connectivity index (χ4v) is 3.51. The average Bonchev–Trinajstić information content (AvgIpc) is 2.72. The van der Waals surface area contributed by atoms with Gasteiger partial charge in [-0.25, -0.2) is 8.78 Å². The van der Waals surface area contributed by atoms with Gasteiger partial charge in [0, 0.05) is 5.56 Å². The van der Waals surface area contributed by atoms with E-state index in [1.807, 2.05) is 24.3 Å². The Kier molecular flexibility index (Phi) is 6.97. The SMILES string of the molecule is CCCCCCCc1ccc(-c2ccc(-c3ccc(C)cc3)cc2)c(F)c1F. The summed E-state index contributed by atoms with van der Waals surface area (Å²) in [5.74, 6) is -1.44. The summed E-state index contributed by atoms with van der Waals surface area (Å²) in [5.41, 5.74) is 4.89. The summed E-state index contributed by atoms with van der Waals surface area (Å²) in [6.45, 7) is 4.22. The average molecular weight is 379 g/mol. The molecule has 0 heterocycles. The van der Waals surface area contributed by atoms with Gasteiger partial charge in [-0.2, -0.15) is 0 Å². The van der Waals surface area contributed by atoms with E-state index in [0.717, 1.165) is 30.4 Å². The third-order valence-corrected chi connectivity index (χ3v) is 5.29. The van der Waals surface area contributed by atoms with Crippen molar-refractivity contribution in [3.63, 3.8) is 0 Å². The fourth-order valence-electron chi connectivity index (χ4n) is 3.51. The number of unbranched alkanes of at least 4 members (excludes halogenated alkanes) is 4. The highest BCUT2D eigenvalue weighted by Crippen LogP contribution is 2.29. The number of halogens is 2. The fraction of sp³-hybridized carbons (Fsp3) is 0.308. The summed E-state index contributed by atoms with van der Waals surface area (Å²) in [6, 6.07) is 19.4. The van der Waals surface area contributed by atoms with Crippen LogP contribution in [0.3, 0.4) is 0 Å². The van der Waals surface area contributed by atoms with Crippen LogP contribution in [0.2, 0.25) is 0 Å². The van der Waals surface area contributed by atoms with Crippen molar-refractivity contribution in [2.24, 2.45) is 0 Å². The van der Waals surface area contributed by atoms with Gasteiger partial charge in [0.05, 0.1) is 0 Å². The van der Waals surface area contributed by atoms with Gasteiger partial charge in [-0.05, 0) is 42.0 Å². The van der Waals surface area contributed by atoms with Crippen molar-refractivity contribution in [1.82, 2.24) is 0 Å². The van der Waals surface area contributed by atoms with Crippen LogP contribution in [-0.4, -0.2) is 0 Å². The van der Waals surface area contributed by atoms with E-state index in [0.29, 0.717) is 23.1 Å². The van der Waals surface area contributed by atoms with Gasteiger partial charge in [0.15, 0.2) is 11.6 Å². The van der Waals surface area contributed by atoms with Gasteiger partial charge < -0.3 is 0 Å². The van der Waals surface area contributed by atoms with Crippen molar-refractivity contribution < 1.29 is 8.78 Å². The van der Waals surface area contributed by atoms with Crippen molar-refractivity contribution in [3.05, 3.63) is 83.4 Å². The lowest BCUT2D eigenvalue weighted by atomic mass is 9.97. The standard InChI is InChI=1S/C26H28F2/c1-3-4-5-6-7-8-23-17-18-24(26(28)25(23)27)22-15-13-21(14-16-22)20-11-9-19(2)10-12-20/h9-18H,3-8H2,1-2H3. The Hall–Kier alpha value is -2.48. The molecule has 28 heavy (non-hydrogen) atoms. The first-order valence-corrected chi connectivity index (χ1v) is 10.2. The van der Waals surface area contributed by atoms with E-state index in [2.05, 4.69) is 38.1 Å². The molecule has 0 amide bonds. The highest BCUT2D eigenvalue weighted by atomic mass is 19.2. The number of rotatable bonds is 8. The van der Waals surface area contributed by atoms with Crippen molar-refractivity contribution in [2.45, 2.75) is 52.4 Å². The maximum Gasteiger partial charge on any atom is 0.166 e. The predicted octanol–water partition coefficient (Wildman–Crippen LogP) is 8.12. The summed E-state index contributed by atoms with van der Waals surface area (Å²) in [5, 5.41) is 0. The van der Waals surface area contributed by atoms with E-state index in [1.165, 1.54) is 18.4 Å². The Morgan fingerprint density at radius 2 is 1.18 bits per heavy atom. The zero-order valence-electron chi connectivity index (χ0n) is 16.8. The van der Waals surface area contributed by atoms with E-state index < -0.39 is 11.6 Å². The smallest absolute Gasteiger partial charge is 0.166 e. The molecule has 0 atom stereocenters. The molecule has 0 radical (unpaired) electrons. The van der Waals surface area contributed by atoms with Crippen LogP contribution < -0.4 is 0 Å². The minimum Gasteiger partial charge on any atom is -0.203 e. The Morgan fingerprint density at radius 3 is 1.82 bits per heavy atom. The molecule has 0 N–H and O–H groups in total. The second-order valence-corrected chi connectivity index (χ2v) is 7.51. The van der Waals surface area contributed by atoms with Gasteiger partial charge in [-0.1, -0.05) is 98.8 Å². The van der Waals surface area contributed by atoms with E-state index in [4.69, 9.17) is 0 Å². The van der Waals surface area contributed by atoms with Crippen LogP contribution in [0.15, 0.2) is 60.7 Å². The summed E-state index contributed by atoms with van der Waals surface area (Å²) in [7, 11) is 0. The van der Waals surface area contributed by atoms with Gasteiger partial charge in [0.25, 0.3) is 0 Å². The molecule has 0 unspecified atom stereocenters. The zero-order chi connectivity index (χ0) is 19.9. The molecule has 0 spiro atoms. The molecule has 3 aromatic rings. The molecule has 0 fully saturated rings. The van der Waals surface area contributed by atoms with Crippen molar-refractivity contribution >= 4 is 0 Å². The molecule has 0 saturated heterocycles. The largest absolute Gasteiger partial charge is 0.203 e. The normalized spacial score (nSPS) is 11.0. The molecule has 0 aliphatic carbocycles. The van der Waals surface area contributed by atoms with Crippen LogP contribution in [0.25, 0.3) is 22.3 Å². The second-order valence-electron chi connectivity index (χ2n) is 7.51. The van der Waals surface area contributed by atoms with E-state index in [1.54, 1.807) is 12.1 Å². The number of hydrogen-bond acceptors (Lipinski definition) is 0. The Morgan fingerprint density at radius 1 is 0.607 bits per heavy atom. The van der Waals surface area contributed by atoms with Crippen LogP contribution in [0.1, 0.15) is 50.2 Å². The molecular weight excluding hydrogens is 350 g/mol.